The van der Waals surface area contributed by atoms with Gasteiger partial charge in [-0.05, 0) is 47.4 Å². The fourth-order valence-electron chi connectivity index (χ4n) is 1.54. The van der Waals surface area contributed by atoms with Crippen molar-refractivity contribution >= 4 is 27.3 Å². The Balaban J connectivity index is 2.32. The van der Waals surface area contributed by atoms with Crippen molar-refractivity contribution in [1.29, 1.82) is 0 Å². The van der Waals surface area contributed by atoms with Crippen molar-refractivity contribution in [3.8, 4) is 0 Å². The first kappa shape index (κ1) is 13.2. The highest BCUT2D eigenvalue weighted by atomic mass is 79.9. The summed E-state index contributed by atoms with van der Waals surface area (Å²) in [5.41, 5.74) is 0. The Morgan fingerprint density at radius 1 is 1.53 bits per heavy atom. The first-order chi connectivity index (χ1) is 7.26. The van der Waals surface area contributed by atoms with E-state index in [9.17, 15) is 0 Å². The zero-order chi connectivity index (χ0) is 11.1. The van der Waals surface area contributed by atoms with Crippen LogP contribution in [0.15, 0.2) is 15.9 Å². The number of rotatable bonds is 7. The molecular formula is C11H18BrNOS. The predicted molar refractivity (Wildman–Crippen MR) is 69.7 cm³/mol. The molecule has 0 radical (unpaired) electrons. The molecule has 0 aromatic carbocycles. The highest BCUT2D eigenvalue weighted by Gasteiger charge is 2.07. The summed E-state index contributed by atoms with van der Waals surface area (Å²) in [6, 6.07) is 4.77. The van der Waals surface area contributed by atoms with Crippen molar-refractivity contribution in [2.75, 3.05) is 20.3 Å². The Labute approximate surface area is 104 Å². The Bertz CT molecular complexity index is 271. The molecular weight excluding hydrogens is 274 g/mol. The molecule has 1 aromatic heterocycles. The molecule has 0 aliphatic heterocycles. The zero-order valence-corrected chi connectivity index (χ0v) is 11.7. The predicted octanol–water partition coefficient (Wildman–Crippen LogP) is 3.07. The maximum Gasteiger partial charge on any atom is 0.0701 e. The van der Waals surface area contributed by atoms with Crippen LogP contribution in [0.3, 0.4) is 0 Å². The Hall–Kier alpha value is 0.1000. The van der Waals surface area contributed by atoms with Crippen molar-refractivity contribution in [2.45, 2.75) is 25.8 Å². The molecule has 1 atom stereocenters. The largest absolute Gasteiger partial charge is 0.383 e. The Kier molecular flexibility index (Phi) is 6.48. The number of hydrogen-bond acceptors (Lipinski definition) is 3. The summed E-state index contributed by atoms with van der Waals surface area (Å²) >= 11 is 5.29. The van der Waals surface area contributed by atoms with E-state index in [1.165, 1.54) is 8.66 Å². The molecule has 0 bridgehead atoms. The molecule has 86 valence electrons. The summed E-state index contributed by atoms with van der Waals surface area (Å²) in [5.74, 6) is 0. The van der Waals surface area contributed by atoms with Gasteiger partial charge in [-0.15, -0.1) is 11.3 Å². The van der Waals surface area contributed by atoms with Gasteiger partial charge in [-0.25, -0.2) is 0 Å². The standard InChI is InChI=1S/C11H18BrNOS/c1-3-13-9(8-14-2)4-5-10-6-7-11(12)15-10/h6-7,9,13H,3-5,8H2,1-2H3. The van der Waals surface area contributed by atoms with Crippen LogP contribution < -0.4 is 5.32 Å². The smallest absolute Gasteiger partial charge is 0.0701 e. The maximum atomic E-state index is 5.18. The SMILES string of the molecule is CCNC(CCc1ccc(Br)s1)COC. The average molecular weight is 292 g/mol. The van der Waals surface area contributed by atoms with Gasteiger partial charge in [0.25, 0.3) is 0 Å². The van der Waals surface area contributed by atoms with Gasteiger partial charge in [0.15, 0.2) is 0 Å². The third-order valence-electron chi connectivity index (χ3n) is 2.23. The fourth-order valence-corrected chi connectivity index (χ4v) is 3.04. The minimum Gasteiger partial charge on any atom is -0.383 e. The van der Waals surface area contributed by atoms with E-state index in [4.69, 9.17) is 4.74 Å². The lowest BCUT2D eigenvalue weighted by Gasteiger charge is -2.16. The number of thiophene rings is 1. The highest BCUT2D eigenvalue weighted by Crippen LogP contribution is 2.23. The molecule has 1 rings (SSSR count). The number of methoxy groups -OCH3 is 1. The van der Waals surface area contributed by atoms with Crippen LogP contribution in [0.4, 0.5) is 0 Å². The van der Waals surface area contributed by atoms with Crippen molar-refractivity contribution in [2.24, 2.45) is 0 Å². The van der Waals surface area contributed by atoms with E-state index in [1.807, 2.05) is 11.3 Å². The number of aryl methyl sites for hydroxylation is 1. The van der Waals surface area contributed by atoms with E-state index in [-0.39, 0.29) is 0 Å². The minimum atomic E-state index is 0.473. The van der Waals surface area contributed by atoms with Crippen LogP contribution in [-0.2, 0) is 11.2 Å². The number of ether oxygens (including phenoxy) is 1. The normalized spacial score (nSPS) is 13.0. The summed E-state index contributed by atoms with van der Waals surface area (Å²) in [4.78, 5) is 1.43. The molecule has 0 saturated carbocycles. The van der Waals surface area contributed by atoms with Crippen LogP contribution in [0.2, 0.25) is 0 Å². The van der Waals surface area contributed by atoms with E-state index in [2.05, 4.69) is 40.3 Å². The van der Waals surface area contributed by atoms with Crippen LogP contribution in [0.5, 0.6) is 0 Å². The van der Waals surface area contributed by atoms with Gasteiger partial charge in [0.1, 0.15) is 0 Å². The second-order valence-corrected chi connectivity index (χ2v) is 6.00. The number of nitrogens with one attached hydrogen (secondary N) is 1. The van der Waals surface area contributed by atoms with Gasteiger partial charge in [-0.2, -0.15) is 0 Å². The van der Waals surface area contributed by atoms with E-state index in [0.717, 1.165) is 26.0 Å². The zero-order valence-electron chi connectivity index (χ0n) is 9.25. The number of hydrogen-bond donors (Lipinski definition) is 1. The molecule has 0 saturated heterocycles. The Morgan fingerprint density at radius 2 is 2.33 bits per heavy atom. The lowest BCUT2D eigenvalue weighted by atomic mass is 10.1. The summed E-state index contributed by atoms with van der Waals surface area (Å²) in [6.07, 6.45) is 2.26. The second-order valence-electron chi connectivity index (χ2n) is 3.45. The van der Waals surface area contributed by atoms with Gasteiger partial charge in [0.05, 0.1) is 10.4 Å². The van der Waals surface area contributed by atoms with Crippen molar-refractivity contribution in [3.05, 3.63) is 20.8 Å². The molecule has 0 aliphatic rings. The third-order valence-corrected chi connectivity index (χ3v) is 3.91. The lowest BCUT2D eigenvalue weighted by molar-refractivity contribution is 0.163. The van der Waals surface area contributed by atoms with E-state index in [0.29, 0.717) is 6.04 Å². The summed E-state index contributed by atoms with van der Waals surface area (Å²) in [6.45, 7) is 3.92. The van der Waals surface area contributed by atoms with Crippen LogP contribution in [0.1, 0.15) is 18.2 Å². The first-order valence-corrected chi connectivity index (χ1v) is 6.83. The third kappa shape index (κ3) is 5.11. The van der Waals surface area contributed by atoms with Gasteiger partial charge in [0, 0.05) is 18.0 Å². The maximum absolute atomic E-state index is 5.18. The molecule has 0 amide bonds. The monoisotopic (exact) mass is 291 g/mol. The van der Waals surface area contributed by atoms with Crippen LogP contribution in [-0.4, -0.2) is 26.3 Å². The van der Waals surface area contributed by atoms with Crippen LogP contribution >= 0.6 is 27.3 Å². The molecule has 1 aromatic rings. The van der Waals surface area contributed by atoms with Crippen LogP contribution in [0.25, 0.3) is 0 Å². The molecule has 2 nitrogen and oxygen atoms in total. The molecule has 1 unspecified atom stereocenters. The summed E-state index contributed by atoms with van der Waals surface area (Å²) < 4.78 is 6.39. The molecule has 15 heavy (non-hydrogen) atoms. The molecule has 0 aliphatic carbocycles. The van der Waals surface area contributed by atoms with Gasteiger partial charge in [-0.1, -0.05) is 6.92 Å². The average Bonchev–Trinajstić information content (AvgIpc) is 2.61. The first-order valence-electron chi connectivity index (χ1n) is 5.22. The van der Waals surface area contributed by atoms with Gasteiger partial charge in [0.2, 0.25) is 0 Å². The highest BCUT2D eigenvalue weighted by molar-refractivity contribution is 9.11. The quantitative estimate of drug-likeness (QED) is 0.834. The molecule has 1 heterocycles. The van der Waals surface area contributed by atoms with E-state index < -0.39 is 0 Å². The van der Waals surface area contributed by atoms with Gasteiger partial charge in [-0.3, -0.25) is 0 Å². The molecule has 0 spiro atoms. The Morgan fingerprint density at radius 3 is 2.87 bits per heavy atom. The van der Waals surface area contributed by atoms with Crippen molar-refractivity contribution in [3.63, 3.8) is 0 Å². The topological polar surface area (TPSA) is 21.3 Å². The second kappa shape index (κ2) is 7.39. The van der Waals surface area contributed by atoms with Crippen molar-refractivity contribution in [1.82, 2.24) is 5.32 Å². The molecule has 4 heteroatoms. The fraction of sp³-hybridized carbons (Fsp3) is 0.636. The van der Waals surface area contributed by atoms with Crippen molar-refractivity contribution < 1.29 is 4.74 Å². The lowest BCUT2D eigenvalue weighted by Crippen LogP contribution is -2.33. The number of halogens is 1. The van der Waals surface area contributed by atoms with E-state index in [1.54, 1.807) is 7.11 Å². The van der Waals surface area contributed by atoms with Gasteiger partial charge >= 0.3 is 0 Å². The minimum absolute atomic E-state index is 0.473. The van der Waals surface area contributed by atoms with E-state index >= 15 is 0 Å². The van der Waals surface area contributed by atoms with Gasteiger partial charge < -0.3 is 10.1 Å². The van der Waals surface area contributed by atoms with Crippen LogP contribution in [0, 0.1) is 0 Å². The number of likely N-dealkylation sites (N-methyl/N-ethyl adjacent to an activating group) is 1. The molecule has 1 N–H and O–H groups in total. The summed E-state index contributed by atoms with van der Waals surface area (Å²) in [5, 5.41) is 3.43. The molecule has 0 fully saturated rings. The summed E-state index contributed by atoms with van der Waals surface area (Å²) in [7, 11) is 1.76.